The lowest BCUT2D eigenvalue weighted by molar-refractivity contribution is 0.103. The van der Waals surface area contributed by atoms with Crippen molar-refractivity contribution in [1.29, 1.82) is 0 Å². The highest BCUT2D eigenvalue weighted by Gasteiger charge is 2.23. The van der Waals surface area contributed by atoms with Gasteiger partial charge in [-0.05, 0) is 36.1 Å². The Bertz CT molecular complexity index is 607. The lowest BCUT2D eigenvalue weighted by atomic mass is 10.0. The molecule has 17 heavy (non-hydrogen) atoms. The quantitative estimate of drug-likeness (QED) is 0.712. The summed E-state index contributed by atoms with van der Waals surface area (Å²) in [6, 6.07) is 9.43. The van der Waals surface area contributed by atoms with Gasteiger partial charge in [0.25, 0.3) is 0 Å². The summed E-state index contributed by atoms with van der Waals surface area (Å²) >= 11 is 6.13. The molecule has 0 aliphatic heterocycles. The van der Waals surface area contributed by atoms with Crippen LogP contribution in [0, 0.1) is 0 Å². The van der Waals surface area contributed by atoms with E-state index in [9.17, 15) is 4.79 Å². The van der Waals surface area contributed by atoms with Gasteiger partial charge in [-0.2, -0.15) is 0 Å². The molecule has 1 aliphatic carbocycles. The predicted molar refractivity (Wildman–Crippen MR) is 66.5 cm³/mol. The van der Waals surface area contributed by atoms with Gasteiger partial charge >= 0.3 is 0 Å². The molecule has 0 unspecified atom stereocenters. The average Bonchev–Trinajstić information content (AvgIpc) is 2.49. The fraction of sp³-hybridized carbons (Fsp3) is 0.143. The maximum Gasteiger partial charge on any atom is 0.213 e. The van der Waals surface area contributed by atoms with Crippen molar-refractivity contribution in [2.45, 2.75) is 12.8 Å². The highest BCUT2D eigenvalue weighted by molar-refractivity contribution is 6.35. The van der Waals surface area contributed by atoms with Gasteiger partial charge in [-0.15, -0.1) is 0 Å². The molecule has 0 saturated carbocycles. The molecule has 0 amide bonds. The Balaban J connectivity index is 2.26. The topological polar surface area (TPSA) is 30.0 Å². The summed E-state index contributed by atoms with van der Waals surface area (Å²) in [7, 11) is 0. The summed E-state index contributed by atoms with van der Waals surface area (Å²) in [5.41, 5.74) is 3.18. The number of aromatic nitrogens is 1. The number of fused-ring (bicyclic) bond motifs is 2. The zero-order valence-corrected chi connectivity index (χ0v) is 9.87. The van der Waals surface area contributed by atoms with Gasteiger partial charge < -0.3 is 0 Å². The Morgan fingerprint density at radius 2 is 1.82 bits per heavy atom. The van der Waals surface area contributed by atoms with Crippen molar-refractivity contribution in [2.24, 2.45) is 0 Å². The van der Waals surface area contributed by atoms with Crippen LogP contribution < -0.4 is 0 Å². The highest BCUT2D eigenvalue weighted by Crippen LogP contribution is 2.28. The van der Waals surface area contributed by atoms with Crippen molar-refractivity contribution >= 4 is 17.4 Å². The van der Waals surface area contributed by atoms with E-state index in [0.717, 1.165) is 24.0 Å². The van der Waals surface area contributed by atoms with Gasteiger partial charge in [-0.3, -0.25) is 9.78 Å². The van der Waals surface area contributed by atoms with Gasteiger partial charge in [0.2, 0.25) is 5.78 Å². The minimum atomic E-state index is -0.0568. The zero-order valence-electron chi connectivity index (χ0n) is 9.11. The third-order valence-corrected chi connectivity index (χ3v) is 3.41. The monoisotopic (exact) mass is 243 g/mol. The zero-order chi connectivity index (χ0) is 11.8. The number of aryl methyl sites for hydroxylation is 2. The molecule has 1 aromatic heterocycles. The van der Waals surface area contributed by atoms with E-state index in [4.69, 9.17) is 11.6 Å². The lowest BCUT2D eigenvalue weighted by Crippen LogP contribution is -2.07. The van der Waals surface area contributed by atoms with Crippen LogP contribution in [0.25, 0.3) is 0 Å². The normalized spacial score (nSPS) is 13.8. The molecule has 0 atom stereocenters. The molecule has 84 valence electrons. The molecule has 1 heterocycles. The molecular weight excluding hydrogens is 234 g/mol. The number of carbonyl (C=O) groups is 1. The molecule has 0 radical (unpaired) electrons. The van der Waals surface area contributed by atoms with Crippen LogP contribution in [0.3, 0.4) is 0 Å². The van der Waals surface area contributed by atoms with Gasteiger partial charge in [0.1, 0.15) is 5.69 Å². The number of benzene rings is 1. The average molecular weight is 244 g/mol. The van der Waals surface area contributed by atoms with Gasteiger partial charge in [-0.1, -0.05) is 29.8 Å². The third kappa shape index (κ3) is 1.65. The third-order valence-electron chi connectivity index (χ3n) is 3.10. The van der Waals surface area contributed by atoms with Crippen molar-refractivity contribution in [3.05, 3.63) is 63.9 Å². The van der Waals surface area contributed by atoms with Gasteiger partial charge in [0.15, 0.2) is 0 Å². The second-order valence-electron chi connectivity index (χ2n) is 4.11. The second-order valence-corrected chi connectivity index (χ2v) is 4.52. The SMILES string of the molecule is O=C1c2ncccc2CCc2cccc(Cl)c21. The highest BCUT2D eigenvalue weighted by atomic mass is 35.5. The Kier molecular flexibility index (Phi) is 2.45. The van der Waals surface area contributed by atoms with E-state index < -0.39 is 0 Å². The first-order valence-electron chi connectivity index (χ1n) is 5.53. The van der Waals surface area contributed by atoms with Gasteiger partial charge in [0, 0.05) is 11.8 Å². The number of carbonyl (C=O) groups excluding carboxylic acids is 1. The number of nitrogens with zero attached hydrogens (tertiary/aromatic N) is 1. The lowest BCUT2D eigenvalue weighted by Gasteiger charge is -2.05. The van der Waals surface area contributed by atoms with Crippen LogP contribution in [-0.4, -0.2) is 10.8 Å². The molecule has 3 heteroatoms. The summed E-state index contributed by atoms with van der Waals surface area (Å²) in [5.74, 6) is -0.0568. The van der Waals surface area contributed by atoms with Crippen LogP contribution in [0.15, 0.2) is 36.5 Å². The summed E-state index contributed by atoms with van der Waals surface area (Å²) in [4.78, 5) is 16.6. The van der Waals surface area contributed by atoms with Gasteiger partial charge in [-0.25, -0.2) is 0 Å². The summed E-state index contributed by atoms with van der Waals surface area (Å²) in [5, 5.41) is 0.519. The molecular formula is C14H10ClNO. The predicted octanol–water partition coefficient (Wildman–Crippen LogP) is 3.06. The van der Waals surface area contributed by atoms with Gasteiger partial charge in [0.05, 0.1) is 5.02 Å². The van der Waals surface area contributed by atoms with Crippen LogP contribution in [0.5, 0.6) is 0 Å². The smallest absolute Gasteiger partial charge is 0.213 e. The minimum Gasteiger partial charge on any atom is -0.287 e. The second kappa shape index (κ2) is 3.97. The number of hydrogen-bond donors (Lipinski definition) is 0. The standard InChI is InChI=1S/C14H10ClNO/c15-11-5-1-3-9-6-7-10-4-2-8-16-13(10)14(17)12(9)11/h1-5,8H,6-7H2. The summed E-state index contributed by atoms with van der Waals surface area (Å²) in [6.07, 6.45) is 3.32. The van der Waals surface area contributed by atoms with Crippen LogP contribution in [0.1, 0.15) is 27.2 Å². The van der Waals surface area contributed by atoms with E-state index in [1.54, 1.807) is 12.3 Å². The van der Waals surface area contributed by atoms with Crippen molar-refractivity contribution in [1.82, 2.24) is 4.98 Å². The first-order valence-corrected chi connectivity index (χ1v) is 5.91. The molecule has 3 rings (SSSR count). The summed E-state index contributed by atoms with van der Waals surface area (Å²) in [6.45, 7) is 0. The van der Waals surface area contributed by atoms with Crippen LogP contribution in [0.2, 0.25) is 5.02 Å². The van der Waals surface area contributed by atoms with E-state index in [-0.39, 0.29) is 5.78 Å². The van der Waals surface area contributed by atoms with Crippen molar-refractivity contribution in [3.8, 4) is 0 Å². The van der Waals surface area contributed by atoms with E-state index >= 15 is 0 Å². The van der Waals surface area contributed by atoms with E-state index in [1.165, 1.54) is 0 Å². The van der Waals surface area contributed by atoms with E-state index in [2.05, 4.69) is 4.98 Å². The molecule has 0 spiro atoms. The first-order chi connectivity index (χ1) is 8.27. The van der Waals surface area contributed by atoms with Crippen molar-refractivity contribution < 1.29 is 4.79 Å². The Labute approximate surface area is 104 Å². The molecule has 1 aliphatic rings. The number of rotatable bonds is 0. The molecule has 2 aromatic rings. The molecule has 0 bridgehead atoms. The molecule has 0 saturated heterocycles. The fourth-order valence-corrected chi connectivity index (χ4v) is 2.54. The minimum absolute atomic E-state index is 0.0568. The van der Waals surface area contributed by atoms with Crippen molar-refractivity contribution in [3.63, 3.8) is 0 Å². The molecule has 0 N–H and O–H groups in total. The molecule has 2 nitrogen and oxygen atoms in total. The Morgan fingerprint density at radius 3 is 2.71 bits per heavy atom. The van der Waals surface area contributed by atoms with Crippen LogP contribution in [-0.2, 0) is 12.8 Å². The summed E-state index contributed by atoms with van der Waals surface area (Å²) < 4.78 is 0. The molecule has 0 fully saturated rings. The Morgan fingerprint density at radius 1 is 1.06 bits per heavy atom. The van der Waals surface area contributed by atoms with Crippen LogP contribution in [0.4, 0.5) is 0 Å². The maximum absolute atomic E-state index is 12.4. The van der Waals surface area contributed by atoms with Crippen LogP contribution >= 0.6 is 11.6 Å². The fourth-order valence-electron chi connectivity index (χ4n) is 2.26. The van der Waals surface area contributed by atoms with E-state index in [0.29, 0.717) is 16.3 Å². The maximum atomic E-state index is 12.4. The molecule has 1 aromatic carbocycles. The number of pyridine rings is 1. The largest absolute Gasteiger partial charge is 0.287 e. The number of hydrogen-bond acceptors (Lipinski definition) is 2. The first kappa shape index (κ1) is 10.5. The number of ketones is 1. The number of halogens is 1. The van der Waals surface area contributed by atoms with Crippen molar-refractivity contribution in [2.75, 3.05) is 0 Å². The van der Waals surface area contributed by atoms with E-state index in [1.807, 2.05) is 24.3 Å². The Hall–Kier alpha value is -1.67.